The van der Waals surface area contributed by atoms with Crippen LogP contribution in [0.4, 0.5) is 0 Å². The van der Waals surface area contributed by atoms with Crippen molar-refractivity contribution in [2.45, 2.75) is 6.42 Å². The summed E-state index contributed by atoms with van der Waals surface area (Å²) >= 11 is 0. The summed E-state index contributed by atoms with van der Waals surface area (Å²) in [7, 11) is 3.01. The van der Waals surface area contributed by atoms with Gasteiger partial charge in [-0.25, -0.2) is 0 Å². The fourth-order valence-electron chi connectivity index (χ4n) is 2.49. The predicted molar refractivity (Wildman–Crippen MR) is 85.9 cm³/mol. The quantitative estimate of drug-likeness (QED) is 0.858. The van der Waals surface area contributed by atoms with E-state index in [-0.39, 0.29) is 18.3 Å². The second-order valence-corrected chi connectivity index (χ2v) is 5.02. The Morgan fingerprint density at radius 3 is 2.65 bits per heavy atom. The van der Waals surface area contributed by atoms with Crippen LogP contribution in [0, 0.1) is 0 Å². The average molecular weight is 314 g/mol. The number of phenols is 1. The molecule has 5 heteroatoms. The van der Waals surface area contributed by atoms with Gasteiger partial charge in [-0.1, -0.05) is 30.3 Å². The molecule has 0 saturated carbocycles. The van der Waals surface area contributed by atoms with Crippen LogP contribution in [0.15, 0.2) is 42.5 Å². The van der Waals surface area contributed by atoms with Gasteiger partial charge in [0, 0.05) is 30.7 Å². The number of hydrogen-bond acceptors (Lipinski definition) is 5. The number of hydrogen-bond donors (Lipinski definition) is 1. The SMILES string of the molecule is COCOc1cc2c(c(O)c1OC)CC=C(c1ccccc1)O2. The topological polar surface area (TPSA) is 57.2 Å². The molecular formula is C18H18O5. The van der Waals surface area contributed by atoms with E-state index in [4.69, 9.17) is 18.9 Å². The van der Waals surface area contributed by atoms with Gasteiger partial charge in [0.2, 0.25) is 5.75 Å². The van der Waals surface area contributed by atoms with Crippen molar-refractivity contribution in [1.29, 1.82) is 0 Å². The fourth-order valence-corrected chi connectivity index (χ4v) is 2.49. The van der Waals surface area contributed by atoms with Gasteiger partial charge < -0.3 is 24.1 Å². The van der Waals surface area contributed by atoms with Gasteiger partial charge in [0.15, 0.2) is 18.3 Å². The van der Waals surface area contributed by atoms with E-state index in [2.05, 4.69) is 0 Å². The first-order valence-corrected chi connectivity index (χ1v) is 7.22. The number of methoxy groups -OCH3 is 2. The zero-order valence-electron chi connectivity index (χ0n) is 13.0. The summed E-state index contributed by atoms with van der Waals surface area (Å²) in [4.78, 5) is 0. The lowest BCUT2D eigenvalue weighted by Gasteiger charge is -2.22. The third-order valence-electron chi connectivity index (χ3n) is 3.59. The Hall–Kier alpha value is -2.66. The smallest absolute Gasteiger partial charge is 0.203 e. The summed E-state index contributed by atoms with van der Waals surface area (Å²) in [5, 5.41) is 10.4. The number of fused-ring (bicyclic) bond motifs is 1. The van der Waals surface area contributed by atoms with E-state index >= 15 is 0 Å². The van der Waals surface area contributed by atoms with Crippen LogP contribution in [-0.4, -0.2) is 26.1 Å². The highest BCUT2D eigenvalue weighted by Gasteiger charge is 2.24. The number of phenolic OH excluding ortho intramolecular Hbond substituents is 1. The van der Waals surface area contributed by atoms with E-state index in [0.717, 1.165) is 11.3 Å². The molecule has 1 N–H and O–H groups in total. The minimum atomic E-state index is 0.0273. The van der Waals surface area contributed by atoms with Crippen molar-refractivity contribution >= 4 is 5.76 Å². The van der Waals surface area contributed by atoms with Gasteiger partial charge >= 0.3 is 0 Å². The monoisotopic (exact) mass is 314 g/mol. The highest BCUT2D eigenvalue weighted by Crippen LogP contribution is 2.47. The summed E-state index contributed by atoms with van der Waals surface area (Å²) < 4.78 is 21.6. The maximum Gasteiger partial charge on any atom is 0.203 e. The third-order valence-corrected chi connectivity index (χ3v) is 3.59. The van der Waals surface area contributed by atoms with Crippen molar-refractivity contribution < 1.29 is 24.1 Å². The highest BCUT2D eigenvalue weighted by molar-refractivity contribution is 5.70. The minimum absolute atomic E-state index is 0.0273. The van der Waals surface area contributed by atoms with Gasteiger partial charge in [0.1, 0.15) is 11.5 Å². The zero-order chi connectivity index (χ0) is 16.2. The Morgan fingerprint density at radius 2 is 1.96 bits per heavy atom. The molecule has 2 aromatic rings. The van der Waals surface area contributed by atoms with Crippen LogP contribution in [0.2, 0.25) is 0 Å². The number of ether oxygens (including phenoxy) is 4. The van der Waals surface area contributed by atoms with E-state index in [1.807, 2.05) is 36.4 Å². The Morgan fingerprint density at radius 1 is 1.17 bits per heavy atom. The molecule has 3 rings (SSSR count). The van der Waals surface area contributed by atoms with Crippen LogP contribution in [0.5, 0.6) is 23.0 Å². The van der Waals surface area contributed by atoms with E-state index in [0.29, 0.717) is 23.5 Å². The molecule has 0 amide bonds. The lowest BCUT2D eigenvalue weighted by molar-refractivity contribution is 0.0487. The largest absolute Gasteiger partial charge is 0.504 e. The van der Waals surface area contributed by atoms with Gasteiger partial charge in [-0.2, -0.15) is 0 Å². The maximum atomic E-state index is 10.4. The molecule has 0 saturated heterocycles. The van der Waals surface area contributed by atoms with Gasteiger partial charge in [-0.15, -0.1) is 0 Å². The molecule has 0 unspecified atom stereocenters. The number of benzene rings is 2. The first-order valence-electron chi connectivity index (χ1n) is 7.22. The molecule has 1 heterocycles. The van der Waals surface area contributed by atoms with E-state index in [1.165, 1.54) is 14.2 Å². The molecule has 1 aliphatic rings. The Kier molecular flexibility index (Phi) is 4.39. The van der Waals surface area contributed by atoms with Crippen LogP contribution >= 0.6 is 0 Å². The summed E-state index contributed by atoms with van der Waals surface area (Å²) in [6, 6.07) is 11.5. The van der Waals surface area contributed by atoms with Gasteiger partial charge in [0.25, 0.3) is 0 Å². The van der Waals surface area contributed by atoms with Gasteiger partial charge in [-0.3, -0.25) is 0 Å². The van der Waals surface area contributed by atoms with Gasteiger partial charge in [-0.05, 0) is 6.08 Å². The lowest BCUT2D eigenvalue weighted by atomic mass is 10.0. The summed E-state index contributed by atoms with van der Waals surface area (Å²) in [5.74, 6) is 1.98. The van der Waals surface area contributed by atoms with E-state index < -0.39 is 0 Å². The van der Waals surface area contributed by atoms with Crippen LogP contribution in [0.1, 0.15) is 11.1 Å². The van der Waals surface area contributed by atoms with Crippen molar-refractivity contribution in [3.63, 3.8) is 0 Å². The van der Waals surface area contributed by atoms with Crippen LogP contribution < -0.4 is 14.2 Å². The summed E-state index contributed by atoms with van der Waals surface area (Å²) in [6.45, 7) is 0.0516. The number of allylic oxidation sites excluding steroid dienone is 1. The predicted octanol–water partition coefficient (Wildman–Crippen LogP) is 3.36. The normalized spacial score (nSPS) is 12.9. The standard InChI is InChI=1S/C18H18O5/c1-20-11-22-16-10-15-13(17(19)18(16)21-2)8-9-14(23-15)12-6-4-3-5-7-12/h3-7,9-10,19H,8,11H2,1-2H3. The van der Waals surface area contributed by atoms with Crippen molar-refractivity contribution in [3.05, 3.63) is 53.6 Å². The van der Waals surface area contributed by atoms with Crippen LogP contribution in [0.25, 0.3) is 5.76 Å². The molecule has 0 fully saturated rings. The Balaban J connectivity index is 1.97. The first-order chi connectivity index (χ1) is 11.2. The molecule has 120 valence electrons. The molecule has 5 nitrogen and oxygen atoms in total. The second-order valence-electron chi connectivity index (χ2n) is 5.02. The lowest BCUT2D eigenvalue weighted by Crippen LogP contribution is -2.07. The molecule has 0 aliphatic carbocycles. The number of rotatable bonds is 5. The van der Waals surface area contributed by atoms with Crippen LogP contribution in [0.3, 0.4) is 0 Å². The van der Waals surface area contributed by atoms with Gasteiger partial charge in [0.05, 0.1) is 7.11 Å². The molecule has 0 radical (unpaired) electrons. The third kappa shape index (κ3) is 2.96. The highest BCUT2D eigenvalue weighted by atomic mass is 16.7. The van der Waals surface area contributed by atoms with E-state index in [9.17, 15) is 5.11 Å². The summed E-state index contributed by atoms with van der Waals surface area (Å²) in [5.41, 5.74) is 1.65. The minimum Gasteiger partial charge on any atom is -0.504 e. The molecule has 23 heavy (non-hydrogen) atoms. The van der Waals surface area contributed by atoms with Crippen molar-refractivity contribution in [2.75, 3.05) is 21.0 Å². The Bertz CT molecular complexity index is 722. The Labute approximate surface area is 134 Å². The molecular weight excluding hydrogens is 296 g/mol. The maximum absolute atomic E-state index is 10.4. The zero-order valence-corrected chi connectivity index (χ0v) is 13.0. The van der Waals surface area contributed by atoms with Crippen molar-refractivity contribution in [2.24, 2.45) is 0 Å². The van der Waals surface area contributed by atoms with Crippen LogP contribution in [-0.2, 0) is 11.2 Å². The first kappa shape index (κ1) is 15.2. The molecule has 2 aromatic carbocycles. The second kappa shape index (κ2) is 6.62. The molecule has 0 bridgehead atoms. The van der Waals surface area contributed by atoms with Crippen molar-refractivity contribution in [1.82, 2.24) is 0 Å². The molecule has 1 aliphatic heterocycles. The molecule has 0 spiro atoms. The number of aromatic hydroxyl groups is 1. The summed E-state index contributed by atoms with van der Waals surface area (Å²) in [6.07, 6.45) is 2.48. The molecule has 0 aromatic heterocycles. The van der Waals surface area contributed by atoms with Crippen molar-refractivity contribution in [3.8, 4) is 23.0 Å². The average Bonchev–Trinajstić information content (AvgIpc) is 2.60. The fraction of sp³-hybridized carbons (Fsp3) is 0.222. The molecule has 0 atom stereocenters. The van der Waals surface area contributed by atoms with E-state index in [1.54, 1.807) is 6.07 Å².